The smallest absolute Gasteiger partial charge is 0.274 e. The maximum Gasteiger partial charge on any atom is 0.274 e. The van der Waals surface area contributed by atoms with Gasteiger partial charge in [-0.1, -0.05) is 30.7 Å². The van der Waals surface area contributed by atoms with Gasteiger partial charge in [0.1, 0.15) is 11.1 Å². The monoisotopic (exact) mass is 540 g/mol. The lowest BCUT2D eigenvalue weighted by Crippen LogP contribution is -2.39. The Bertz CT molecular complexity index is 1310. The SMILES string of the molecule is CCCc1cnc(N2CCC(Oc3nc4ccc(C5=CC(S(O)(O)CC=N)=NCC5)cc4s3)CC2)nc1. The van der Waals surface area contributed by atoms with Gasteiger partial charge in [0.2, 0.25) is 5.95 Å². The van der Waals surface area contributed by atoms with Crippen LogP contribution in [0.2, 0.25) is 0 Å². The van der Waals surface area contributed by atoms with Crippen molar-refractivity contribution in [2.45, 2.75) is 45.1 Å². The molecule has 2 aliphatic rings. The summed E-state index contributed by atoms with van der Waals surface area (Å²) in [5.41, 5.74) is 4.08. The summed E-state index contributed by atoms with van der Waals surface area (Å²) in [5, 5.41) is 8.17. The molecule has 0 aliphatic carbocycles. The second-order valence-electron chi connectivity index (χ2n) is 9.28. The summed E-state index contributed by atoms with van der Waals surface area (Å²) < 4.78 is 27.9. The topological polar surface area (TPSA) is 128 Å². The van der Waals surface area contributed by atoms with E-state index in [-0.39, 0.29) is 16.9 Å². The molecule has 0 amide bonds. The van der Waals surface area contributed by atoms with E-state index >= 15 is 0 Å². The van der Waals surface area contributed by atoms with Crippen molar-refractivity contribution >= 4 is 54.9 Å². The summed E-state index contributed by atoms with van der Waals surface area (Å²) >= 11 is 1.53. The number of aromatic nitrogens is 3. The Balaban J connectivity index is 1.22. The van der Waals surface area contributed by atoms with Gasteiger partial charge in [0.05, 0.1) is 16.0 Å². The summed E-state index contributed by atoms with van der Waals surface area (Å²) in [6, 6.07) is 6.07. The van der Waals surface area contributed by atoms with Gasteiger partial charge in [-0.3, -0.25) is 14.1 Å². The van der Waals surface area contributed by atoms with Gasteiger partial charge in [0.25, 0.3) is 5.19 Å². The maximum atomic E-state index is 10.3. The van der Waals surface area contributed by atoms with Crippen molar-refractivity contribution in [1.29, 1.82) is 5.41 Å². The number of dihydropyridines is 1. The van der Waals surface area contributed by atoms with Crippen molar-refractivity contribution in [2.24, 2.45) is 4.99 Å². The fraction of sp³-hybridized carbons (Fsp3) is 0.423. The first-order valence-corrected chi connectivity index (χ1v) is 15.1. The molecular weight excluding hydrogens is 508 g/mol. The summed E-state index contributed by atoms with van der Waals surface area (Å²) in [5.74, 6) is 0.677. The van der Waals surface area contributed by atoms with Crippen molar-refractivity contribution in [3.8, 4) is 5.19 Å². The number of aryl methyl sites for hydroxylation is 1. The Labute approximate surface area is 222 Å². The van der Waals surface area contributed by atoms with Gasteiger partial charge >= 0.3 is 0 Å². The van der Waals surface area contributed by atoms with E-state index in [1.54, 1.807) is 6.08 Å². The Hall–Kier alpha value is -2.86. The van der Waals surface area contributed by atoms with E-state index in [9.17, 15) is 9.11 Å². The van der Waals surface area contributed by atoms with E-state index in [2.05, 4.69) is 37.8 Å². The number of piperidine rings is 1. The highest BCUT2D eigenvalue weighted by atomic mass is 32.3. The molecule has 1 aromatic carbocycles. The number of aliphatic imine (C=N–C) groups is 1. The molecule has 2 aliphatic heterocycles. The number of benzene rings is 1. The minimum atomic E-state index is -3.07. The van der Waals surface area contributed by atoms with Crippen LogP contribution in [0.3, 0.4) is 0 Å². The first-order valence-electron chi connectivity index (χ1n) is 12.6. The zero-order chi connectivity index (χ0) is 25.8. The van der Waals surface area contributed by atoms with Crippen molar-refractivity contribution in [1.82, 2.24) is 15.0 Å². The highest BCUT2D eigenvalue weighted by molar-refractivity contribution is 8.37. The molecular formula is C26H32N6O3S2. The minimum absolute atomic E-state index is 0.106. The van der Waals surface area contributed by atoms with Crippen LogP contribution in [0, 0.1) is 5.41 Å². The normalized spacial score (nSPS) is 17.4. The third-order valence-electron chi connectivity index (χ3n) is 6.56. The number of fused-ring (bicyclic) bond motifs is 1. The second-order valence-corrected chi connectivity index (χ2v) is 12.4. The van der Waals surface area contributed by atoms with Crippen LogP contribution in [0.25, 0.3) is 15.8 Å². The van der Waals surface area contributed by atoms with E-state index in [1.807, 2.05) is 24.5 Å². The second kappa shape index (κ2) is 11.3. The quantitative estimate of drug-likeness (QED) is 0.314. The van der Waals surface area contributed by atoms with Gasteiger partial charge < -0.3 is 15.0 Å². The van der Waals surface area contributed by atoms with Crippen LogP contribution in [0.15, 0.2) is 41.7 Å². The summed E-state index contributed by atoms with van der Waals surface area (Å²) in [6.07, 6.45) is 11.3. The predicted octanol–water partition coefficient (Wildman–Crippen LogP) is 5.67. The van der Waals surface area contributed by atoms with Crippen molar-refractivity contribution in [2.75, 3.05) is 30.3 Å². The number of anilines is 1. The van der Waals surface area contributed by atoms with Gasteiger partial charge in [-0.2, -0.15) is 0 Å². The van der Waals surface area contributed by atoms with Gasteiger partial charge in [-0.15, -0.1) is 10.6 Å². The largest absolute Gasteiger partial charge is 0.467 e. The molecule has 2 aromatic heterocycles. The van der Waals surface area contributed by atoms with Gasteiger partial charge in [-0.05, 0) is 47.8 Å². The highest BCUT2D eigenvalue weighted by Gasteiger charge is 2.24. The number of rotatable bonds is 8. The van der Waals surface area contributed by atoms with Crippen LogP contribution in [0.4, 0.5) is 5.95 Å². The van der Waals surface area contributed by atoms with Crippen LogP contribution in [0.5, 0.6) is 5.19 Å². The fourth-order valence-electron chi connectivity index (χ4n) is 4.58. The zero-order valence-corrected chi connectivity index (χ0v) is 22.5. The van der Waals surface area contributed by atoms with Gasteiger partial charge in [-0.25, -0.2) is 15.0 Å². The van der Waals surface area contributed by atoms with E-state index in [4.69, 9.17) is 10.1 Å². The Morgan fingerprint density at radius 3 is 2.73 bits per heavy atom. The average molecular weight is 541 g/mol. The molecule has 9 nitrogen and oxygen atoms in total. The predicted molar refractivity (Wildman–Crippen MR) is 153 cm³/mol. The molecule has 3 N–H and O–H groups in total. The van der Waals surface area contributed by atoms with E-state index < -0.39 is 10.6 Å². The van der Waals surface area contributed by atoms with Gasteiger partial charge in [0.15, 0.2) is 0 Å². The molecule has 196 valence electrons. The van der Waals surface area contributed by atoms with Crippen LogP contribution in [0.1, 0.15) is 43.7 Å². The van der Waals surface area contributed by atoms with Crippen LogP contribution < -0.4 is 9.64 Å². The third-order valence-corrected chi connectivity index (χ3v) is 9.02. The number of ether oxygens (including phenoxy) is 1. The first kappa shape index (κ1) is 25.8. The lowest BCUT2D eigenvalue weighted by atomic mass is 10.0. The van der Waals surface area contributed by atoms with Crippen LogP contribution in [-0.4, -0.2) is 66.8 Å². The Morgan fingerprint density at radius 2 is 2.00 bits per heavy atom. The number of hydrogen-bond acceptors (Lipinski definition) is 10. The molecule has 1 saturated heterocycles. The molecule has 37 heavy (non-hydrogen) atoms. The number of hydrogen-bond donors (Lipinski definition) is 3. The van der Waals surface area contributed by atoms with E-state index in [1.165, 1.54) is 16.9 Å². The summed E-state index contributed by atoms with van der Waals surface area (Å²) in [4.78, 5) is 20.3. The fourth-order valence-corrected chi connectivity index (χ4v) is 6.53. The number of nitrogens with zero attached hydrogens (tertiary/aromatic N) is 5. The molecule has 1 fully saturated rings. The maximum absolute atomic E-state index is 10.3. The molecule has 0 unspecified atom stereocenters. The molecule has 4 heterocycles. The van der Waals surface area contributed by atoms with Crippen molar-refractivity contribution in [3.05, 3.63) is 47.8 Å². The third kappa shape index (κ3) is 6.01. The van der Waals surface area contributed by atoms with E-state index in [0.29, 0.717) is 11.7 Å². The minimum Gasteiger partial charge on any atom is -0.467 e. The standard InChI is InChI=1S/C26H32N6O3S2/c1-2-3-18-16-29-25(30-17-18)32-11-7-21(8-12-32)35-26-31-22-5-4-19(14-23(22)36-26)20-6-10-28-24(15-20)37(33,34)13-9-27/h4-5,9,14-17,21,27,33-34H,2-3,6-8,10-13H2,1H3. The van der Waals surface area contributed by atoms with Crippen molar-refractivity contribution < 1.29 is 13.8 Å². The van der Waals surface area contributed by atoms with E-state index in [0.717, 1.165) is 78.7 Å². The molecule has 0 atom stereocenters. The molecule has 3 aromatic rings. The molecule has 0 spiro atoms. The molecule has 5 rings (SSSR count). The summed E-state index contributed by atoms with van der Waals surface area (Å²) in [7, 11) is -3.07. The first-order chi connectivity index (χ1) is 17.9. The molecule has 0 bridgehead atoms. The summed E-state index contributed by atoms with van der Waals surface area (Å²) in [6.45, 7) is 4.35. The van der Waals surface area contributed by atoms with Crippen LogP contribution in [-0.2, 0) is 6.42 Å². The zero-order valence-electron chi connectivity index (χ0n) is 20.8. The molecule has 0 radical (unpaired) electrons. The lowest BCUT2D eigenvalue weighted by molar-refractivity contribution is 0.170. The number of nitrogens with one attached hydrogen (secondary N) is 1. The molecule has 11 heteroatoms. The van der Waals surface area contributed by atoms with Crippen molar-refractivity contribution in [3.63, 3.8) is 0 Å². The number of thiazole rings is 1. The highest BCUT2D eigenvalue weighted by Crippen LogP contribution is 2.43. The lowest BCUT2D eigenvalue weighted by Gasteiger charge is -2.32. The molecule has 0 saturated carbocycles. The van der Waals surface area contributed by atoms with Gasteiger partial charge in [0, 0.05) is 51.1 Å². The Kier molecular flexibility index (Phi) is 7.84. The average Bonchev–Trinajstić information content (AvgIpc) is 3.31. The Morgan fingerprint density at radius 1 is 1.22 bits per heavy atom. The van der Waals surface area contributed by atoms with Crippen LogP contribution >= 0.6 is 21.9 Å².